The number of benzene rings is 3. The van der Waals surface area contributed by atoms with Gasteiger partial charge in [-0.2, -0.15) is 0 Å². The van der Waals surface area contributed by atoms with E-state index in [1.54, 1.807) is 21.0 Å². The zero-order valence-electron chi connectivity index (χ0n) is 19.8. The van der Waals surface area contributed by atoms with Gasteiger partial charge in [-0.1, -0.05) is 36.4 Å². The van der Waals surface area contributed by atoms with E-state index in [4.69, 9.17) is 13.9 Å². The Morgan fingerprint density at radius 2 is 1.76 bits per heavy atom. The van der Waals surface area contributed by atoms with Crippen LogP contribution < -0.4 is 4.74 Å². The third kappa shape index (κ3) is 3.59. The third-order valence-corrected chi connectivity index (χ3v) is 6.73. The van der Waals surface area contributed by atoms with E-state index in [0.29, 0.717) is 33.2 Å². The topological polar surface area (TPSA) is 72.1 Å². The summed E-state index contributed by atoms with van der Waals surface area (Å²) >= 11 is 0. The van der Waals surface area contributed by atoms with Crippen molar-refractivity contribution >= 4 is 27.7 Å². The predicted molar refractivity (Wildman–Crippen MR) is 132 cm³/mol. The normalized spacial score (nSPS) is 15.1. The molecule has 1 fully saturated rings. The minimum atomic E-state index is -0.440. The molecule has 5 rings (SSSR count). The van der Waals surface area contributed by atoms with Crippen molar-refractivity contribution in [1.29, 1.82) is 0 Å². The number of furan rings is 1. The van der Waals surface area contributed by atoms with Crippen LogP contribution in [0.2, 0.25) is 0 Å². The lowest BCUT2D eigenvalue weighted by Gasteiger charge is -2.30. The van der Waals surface area contributed by atoms with Crippen LogP contribution in [0, 0.1) is 6.92 Å². The number of hydrogen-bond acceptors (Lipinski definition) is 6. The van der Waals surface area contributed by atoms with Crippen LogP contribution in [-0.2, 0) is 4.74 Å². The highest BCUT2D eigenvalue weighted by Gasteiger charge is 2.34. The van der Waals surface area contributed by atoms with E-state index in [-0.39, 0.29) is 18.4 Å². The minimum Gasteiger partial charge on any atom is -0.507 e. The maximum absolute atomic E-state index is 13.1. The van der Waals surface area contributed by atoms with E-state index in [1.165, 1.54) is 0 Å². The van der Waals surface area contributed by atoms with Gasteiger partial charge in [0.25, 0.3) is 0 Å². The second kappa shape index (κ2) is 9.03. The van der Waals surface area contributed by atoms with Gasteiger partial charge in [-0.25, -0.2) is 4.79 Å². The highest BCUT2D eigenvalue weighted by Crippen LogP contribution is 2.48. The molecule has 0 radical (unpaired) electrons. The average molecular weight is 460 g/mol. The molecule has 34 heavy (non-hydrogen) atoms. The molecule has 0 saturated carbocycles. The van der Waals surface area contributed by atoms with Gasteiger partial charge in [-0.3, -0.25) is 4.90 Å². The molecule has 1 unspecified atom stereocenters. The third-order valence-electron chi connectivity index (χ3n) is 6.73. The van der Waals surface area contributed by atoms with Crippen molar-refractivity contribution in [2.45, 2.75) is 32.7 Å². The number of aryl methyl sites for hydroxylation is 1. The summed E-state index contributed by atoms with van der Waals surface area (Å²) in [5.74, 6) is 0.982. The fraction of sp³-hybridized carbons (Fsp3) is 0.321. The number of ether oxygens (including phenoxy) is 2. The number of nitrogens with zero attached hydrogens (tertiary/aromatic N) is 1. The molecule has 1 aliphatic rings. The van der Waals surface area contributed by atoms with Gasteiger partial charge >= 0.3 is 5.97 Å². The zero-order chi connectivity index (χ0) is 23.8. The Hall–Kier alpha value is -3.51. The van der Waals surface area contributed by atoms with Crippen LogP contribution in [0.15, 0.2) is 52.9 Å². The molecule has 1 saturated heterocycles. The van der Waals surface area contributed by atoms with Gasteiger partial charge in [0.05, 0.1) is 19.8 Å². The Bertz CT molecular complexity index is 1350. The lowest BCUT2D eigenvalue weighted by molar-refractivity contribution is 0.0526. The molecular weight excluding hydrogens is 430 g/mol. The van der Waals surface area contributed by atoms with Crippen LogP contribution in [0.4, 0.5) is 0 Å². The summed E-state index contributed by atoms with van der Waals surface area (Å²) in [5.41, 5.74) is 2.68. The van der Waals surface area contributed by atoms with Gasteiger partial charge in [0.1, 0.15) is 28.4 Å². The summed E-state index contributed by atoms with van der Waals surface area (Å²) in [6.07, 6.45) is 2.17. The fourth-order valence-corrected chi connectivity index (χ4v) is 5.20. The second-order valence-corrected chi connectivity index (χ2v) is 8.68. The Morgan fingerprint density at radius 1 is 1.09 bits per heavy atom. The van der Waals surface area contributed by atoms with E-state index in [2.05, 4.69) is 4.90 Å². The number of esters is 1. The maximum atomic E-state index is 13.1. The Labute approximate surface area is 198 Å². The molecule has 1 atom stereocenters. The molecule has 176 valence electrons. The summed E-state index contributed by atoms with van der Waals surface area (Å²) < 4.78 is 17.0. The van der Waals surface area contributed by atoms with Gasteiger partial charge in [0, 0.05) is 21.7 Å². The summed E-state index contributed by atoms with van der Waals surface area (Å²) in [5, 5.41) is 13.8. The monoisotopic (exact) mass is 459 g/mol. The van der Waals surface area contributed by atoms with Crippen LogP contribution in [-0.4, -0.2) is 42.8 Å². The molecule has 1 N–H and O–H groups in total. The highest BCUT2D eigenvalue weighted by molar-refractivity contribution is 6.16. The summed E-state index contributed by atoms with van der Waals surface area (Å²) in [4.78, 5) is 15.5. The molecule has 0 spiro atoms. The summed E-state index contributed by atoms with van der Waals surface area (Å²) in [6, 6.07) is 15.3. The van der Waals surface area contributed by atoms with Crippen molar-refractivity contribution in [3.05, 3.63) is 71.0 Å². The van der Waals surface area contributed by atoms with Crippen molar-refractivity contribution in [2.24, 2.45) is 0 Å². The first-order valence-electron chi connectivity index (χ1n) is 11.8. The van der Waals surface area contributed by atoms with Gasteiger partial charge in [0.2, 0.25) is 0 Å². The summed E-state index contributed by atoms with van der Waals surface area (Å²) in [6.45, 7) is 5.62. The number of phenolic OH excluding ortho intramolecular Hbond substituents is 1. The van der Waals surface area contributed by atoms with E-state index < -0.39 is 5.97 Å². The first kappa shape index (κ1) is 22.3. The standard InChI is InChI=1S/C28H29NO5/c1-4-33-28(31)22-17(2)34-27-21-10-6-5-9-20(21)26(30)24(23(22)27)25(29-15-7-8-16-29)18-11-13-19(32-3)14-12-18/h5-6,9-14,25,30H,4,7-8,15-16H2,1-3H3. The number of phenols is 1. The first-order chi connectivity index (χ1) is 16.5. The molecule has 2 heterocycles. The summed E-state index contributed by atoms with van der Waals surface area (Å²) in [7, 11) is 1.64. The van der Waals surface area contributed by atoms with Crippen molar-refractivity contribution < 1.29 is 23.8 Å². The molecule has 1 aliphatic heterocycles. The molecule has 0 aliphatic carbocycles. The van der Waals surface area contributed by atoms with Crippen LogP contribution in [0.3, 0.4) is 0 Å². The van der Waals surface area contributed by atoms with Gasteiger partial charge in [0.15, 0.2) is 0 Å². The molecule has 6 nitrogen and oxygen atoms in total. The van der Waals surface area contributed by atoms with Gasteiger partial charge in [-0.05, 0) is 57.5 Å². The lowest BCUT2D eigenvalue weighted by Crippen LogP contribution is -2.27. The SMILES string of the molecule is CCOC(=O)c1c(C)oc2c1c(C(c1ccc(OC)cc1)N1CCCC1)c(O)c1ccccc12. The number of hydrogen-bond donors (Lipinski definition) is 1. The second-order valence-electron chi connectivity index (χ2n) is 8.68. The zero-order valence-corrected chi connectivity index (χ0v) is 19.8. The minimum absolute atomic E-state index is 0.169. The molecule has 6 heteroatoms. The van der Waals surface area contributed by atoms with Crippen molar-refractivity contribution in [2.75, 3.05) is 26.8 Å². The molecule has 3 aromatic carbocycles. The number of methoxy groups -OCH3 is 1. The van der Waals surface area contributed by atoms with Crippen LogP contribution in [0.1, 0.15) is 53.1 Å². The van der Waals surface area contributed by atoms with Crippen LogP contribution in [0.25, 0.3) is 21.7 Å². The predicted octanol–water partition coefficient (Wildman–Crippen LogP) is 5.97. The van der Waals surface area contributed by atoms with Crippen LogP contribution in [0.5, 0.6) is 11.5 Å². The smallest absolute Gasteiger partial charge is 0.342 e. The van der Waals surface area contributed by atoms with E-state index in [0.717, 1.165) is 42.6 Å². The largest absolute Gasteiger partial charge is 0.507 e. The van der Waals surface area contributed by atoms with Crippen molar-refractivity contribution in [3.8, 4) is 11.5 Å². The van der Waals surface area contributed by atoms with Crippen molar-refractivity contribution in [1.82, 2.24) is 4.90 Å². The Kier molecular flexibility index (Phi) is 5.92. The van der Waals surface area contributed by atoms with Gasteiger partial charge < -0.3 is 19.0 Å². The number of aromatic hydroxyl groups is 1. The van der Waals surface area contributed by atoms with E-state index in [9.17, 15) is 9.90 Å². The van der Waals surface area contributed by atoms with Gasteiger partial charge in [-0.15, -0.1) is 0 Å². The van der Waals surface area contributed by atoms with Crippen LogP contribution >= 0.6 is 0 Å². The molecule has 1 aromatic heterocycles. The lowest BCUT2D eigenvalue weighted by atomic mass is 9.89. The number of likely N-dealkylation sites (tertiary alicyclic amines) is 1. The fourth-order valence-electron chi connectivity index (χ4n) is 5.20. The Balaban J connectivity index is 1.88. The maximum Gasteiger partial charge on any atom is 0.342 e. The van der Waals surface area contributed by atoms with E-state index in [1.807, 2.05) is 48.5 Å². The Morgan fingerprint density at radius 3 is 2.41 bits per heavy atom. The molecule has 4 aromatic rings. The molecule has 0 amide bonds. The molecule has 0 bridgehead atoms. The number of carbonyl (C=O) groups is 1. The first-order valence-corrected chi connectivity index (χ1v) is 11.8. The molecular formula is C28H29NO5. The quantitative estimate of drug-likeness (QED) is 0.358. The number of carbonyl (C=O) groups excluding carboxylic acids is 1. The average Bonchev–Trinajstić information content (AvgIpc) is 3.50. The van der Waals surface area contributed by atoms with E-state index >= 15 is 0 Å². The number of fused-ring (bicyclic) bond motifs is 3. The highest BCUT2D eigenvalue weighted by atomic mass is 16.5. The van der Waals surface area contributed by atoms with Crippen molar-refractivity contribution in [3.63, 3.8) is 0 Å². The number of rotatable bonds is 6.